The van der Waals surface area contributed by atoms with Crippen molar-refractivity contribution in [3.63, 3.8) is 0 Å². The minimum Gasteiger partial charge on any atom is -0.479 e. The average molecular weight is 241 g/mol. The van der Waals surface area contributed by atoms with Crippen LogP contribution in [0.2, 0.25) is 0 Å². The molecule has 98 valence electrons. The Bertz CT molecular complexity index is 269. The lowest BCUT2D eigenvalue weighted by atomic mass is 10.0. The van der Waals surface area contributed by atoms with Gasteiger partial charge in [-0.1, -0.05) is 19.8 Å². The largest absolute Gasteiger partial charge is 0.479 e. The van der Waals surface area contributed by atoms with E-state index in [1.807, 2.05) is 0 Å². The topological polar surface area (TPSA) is 49.8 Å². The van der Waals surface area contributed by atoms with Gasteiger partial charge in [0, 0.05) is 19.1 Å². The van der Waals surface area contributed by atoms with E-state index in [-0.39, 0.29) is 0 Å². The maximum atomic E-state index is 11.0. The van der Waals surface area contributed by atoms with Crippen molar-refractivity contribution in [3.05, 3.63) is 0 Å². The highest BCUT2D eigenvalue weighted by atomic mass is 16.5. The fourth-order valence-corrected chi connectivity index (χ4v) is 2.98. The van der Waals surface area contributed by atoms with E-state index in [0.29, 0.717) is 19.2 Å². The first-order valence-corrected chi connectivity index (χ1v) is 6.75. The van der Waals surface area contributed by atoms with Crippen LogP contribution in [0, 0.1) is 5.92 Å². The zero-order chi connectivity index (χ0) is 12.3. The van der Waals surface area contributed by atoms with Gasteiger partial charge in [-0.25, -0.2) is 4.79 Å². The Hall–Kier alpha value is -0.610. The molecule has 0 bridgehead atoms. The SMILES string of the molecule is CC1CCCC(N2CCOC(C(=O)O)C2)CC1. The van der Waals surface area contributed by atoms with Crippen molar-refractivity contribution >= 4 is 5.97 Å². The van der Waals surface area contributed by atoms with Gasteiger partial charge in [0.25, 0.3) is 0 Å². The molecule has 1 aliphatic heterocycles. The average Bonchev–Trinajstić information content (AvgIpc) is 2.54. The van der Waals surface area contributed by atoms with Crippen LogP contribution in [-0.2, 0) is 9.53 Å². The number of carboxylic acids is 1. The third-order valence-corrected chi connectivity index (χ3v) is 4.12. The Morgan fingerprint density at radius 2 is 2.12 bits per heavy atom. The standard InChI is InChI=1S/C13H23NO3/c1-10-3-2-4-11(6-5-10)14-7-8-17-12(9-14)13(15)16/h10-12H,2-9H2,1H3,(H,15,16). The molecule has 0 amide bonds. The summed E-state index contributed by atoms with van der Waals surface area (Å²) < 4.78 is 5.27. The summed E-state index contributed by atoms with van der Waals surface area (Å²) in [5.41, 5.74) is 0. The van der Waals surface area contributed by atoms with Gasteiger partial charge in [-0.15, -0.1) is 0 Å². The molecule has 0 aromatic rings. The summed E-state index contributed by atoms with van der Waals surface area (Å²) in [5.74, 6) is 0.00741. The minimum absolute atomic E-state index is 0.559. The van der Waals surface area contributed by atoms with Gasteiger partial charge in [0.1, 0.15) is 0 Å². The van der Waals surface area contributed by atoms with Crippen LogP contribution in [-0.4, -0.2) is 47.8 Å². The lowest BCUT2D eigenvalue weighted by Crippen LogP contribution is -2.50. The van der Waals surface area contributed by atoms with E-state index in [0.717, 1.165) is 12.5 Å². The maximum Gasteiger partial charge on any atom is 0.334 e. The van der Waals surface area contributed by atoms with E-state index >= 15 is 0 Å². The van der Waals surface area contributed by atoms with E-state index in [2.05, 4.69) is 11.8 Å². The number of hydrogen-bond donors (Lipinski definition) is 1. The Morgan fingerprint density at radius 3 is 2.88 bits per heavy atom. The van der Waals surface area contributed by atoms with E-state index in [1.165, 1.54) is 32.1 Å². The van der Waals surface area contributed by atoms with Crippen LogP contribution in [0.4, 0.5) is 0 Å². The van der Waals surface area contributed by atoms with Crippen molar-refractivity contribution in [2.24, 2.45) is 5.92 Å². The molecule has 0 spiro atoms. The van der Waals surface area contributed by atoms with Gasteiger partial charge in [0.2, 0.25) is 0 Å². The molecule has 4 nitrogen and oxygen atoms in total. The summed E-state index contributed by atoms with van der Waals surface area (Å²) in [6.45, 7) is 4.34. The number of carboxylic acid groups (broad SMARTS) is 1. The van der Waals surface area contributed by atoms with Crippen LogP contribution in [0.25, 0.3) is 0 Å². The molecular formula is C13H23NO3. The zero-order valence-electron chi connectivity index (χ0n) is 10.6. The smallest absolute Gasteiger partial charge is 0.334 e. The van der Waals surface area contributed by atoms with E-state index in [9.17, 15) is 4.79 Å². The normalized spacial score (nSPS) is 36.4. The van der Waals surface area contributed by atoms with Crippen molar-refractivity contribution in [2.75, 3.05) is 19.7 Å². The molecule has 2 rings (SSSR count). The van der Waals surface area contributed by atoms with Crippen molar-refractivity contribution in [1.82, 2.24) is 4.90 Å². The summed E-state index contributed by atoms with van der Waals surface area (Å²) in [6, 6.07) is 0.575. The van der Waals surface area contributed by atoms with Gasteiger partial charge in [0.05, 0.1) is 6.61 Å². The molecular weight excluding hydrogens is 218 g/mol. The fourth-order valence-electron chi connectivity index (χ4n) is 2.98. The molecule has 2 fully saturated rings. The summed E-state index contributed by atoms with van der Waals surface area (Å²) >= 11 is 0. The molecule has 1 N–H and O–H groups in total. The number of carbonyl (C=O) groups is 1. The van der Waals surface area contributed by atoms with E-state index in [1.54, 1.807) is 0 Å². The number of nitrogens with zero attached hydrogens (tertiary/aromatic N) is 1. The second kappa shape index (κ2) is 5.83. The van der Waals surface area contributed by atoms with Gasteiger partial charge in [-0.05, 0) is 25.2 Å². The highest BCUT2D eigenvalue weighted by Crippen LogP contribution is 2.26. The molecule has 3 unspecified atom stereocenters. The van der Waals surface area contributed by atoms with Crippen LogP contribution >= 0.6 is 0 Å². The monoisotopic (exact) mass is 241 g/mol. The molecule has 4 heteroatoms. The summed E-state index contributed by atoms with van der Waals surface area (Å²) in [4.78, 5) is 13.3. The summed E-state index contributed by atoms with van der Waals surface area (Å²) in [7, 11) is 0. The first-order chi connectivity index (χ1) is 8.16. The van der Waals surface area contributed by atoms with Crippen LogP contribution in [0.5, 0.6) is 0 Å². The Balaban J connectivity index is 1.90. The maximum absolute atomic E-state index is 11.0. The molecule has 0 radical (unpaired) electrons. The van der Waals surface area contributed by atoms with Crippen molar-refractivity contribution in [2.45, 2.75) is 51.2 Å². The number of ether oxygens (including phenoxy) is 1. The number of aliphatic carboxylic acids is 1. The highest BCUT2D eigenvalue weighted by molar-refractivity contribution is 5.72. The summed E-state index contributed by atoms with van der Waals surface area (Å²) in [5, 5.41) is 9.00. The third kappa shape index (κ3) is 3.42. The molecule has 2 aliphatic rings. The van der Waals surface area contributed by atoms with E-state index in [4.69, 9.17) is 9.84 Å². The molecule has 0 aromatic carbocycles. The predicted octanol–water partition coefficient (Wildman–Crippen LogP) is 1.74. The van der Waals surface area contributed by atoms with Gasteiger partial charge < -0.3 is 9.84 Å². The number of rotatable bonds is 2. The predicted molar refractivity (Wildman–Crippen MR) is 65.0 cm³/mol. The van der Waals surface area contributed by atoms with Crippen LogP contribution in [0.3, 0.4) is 0 Å². The Labute approximate surface area is 103 Å². The molecule has 3 atom stereocenters. The fraction of sp³-hybridized carbons (Fsp3) is 0.923. The molecule has 1 saturated carbocycles. The van der Waals surface area contributed by atoms with Crippen molar-refractivity contribution < 1.29 is 14.6 Å². The van der Waals surface area contributed by atoms with Crippen LogP contribution in [0.15, 0.2) is 0 Å². The second-order valence-electron chi connectivity index (χ2n) is 5.46. The Morgan fingerprint density at radius 1 is 1.29 bits per heavy atom. The zero-order valence-corrected chi connectivity index (χ0v) is 10.6. The van der Waals surface area contributed by atoms with Gasteiger partial charge in [-0.2, -0.15) is 0 Å². The molecule has 1 saturated heterocycles. The minimum atomic E-state index is -0.823. The Kier molecular flexibility index (Phi) is 4.40. The highest BCUT2D eigenvalue weighted by Gasteiger charge is 2.31. The first-order valence-electron chi connectivity index (χ1n) is 6.75. The van der Waals surface area contributed by atoms with Gasteiger partial charge in [-0.3, -0.25) is 4.90 Å². The lowest BCUT2D eigenvalue weighted by molar-refractivity contribution is -0.157. The van der Waals surface area contributed by atoms with Crippen LogP contribution in [0.1, 0.15) is 39.0 Å². The first kappa shape index (κ1) is 12.8. The molecule has 1 aliphatic carbocycles. The van der Waals surface area contributed by atoms with Gasteiger partial charge in [0.15, 0.2) is 6.10 Å². The molecule has 17 heavy (non-hydrogen) atoms. The quantitative estimate of drug-likeness (QED) is 0.748. The second-order valence-corrected chi connectivity index (χ2v) is 5.46. The number of hydrogen-bond acceptors (Lipinski definition) is 3. The summed E-state index contributed by atoms with van der Waals surface area (Å²) in [6.07, 6.45) is 5.69. The van der Waals surface area contributed by atoms with Crippen LogP contribution < -0.4 is 0 Å². The van der Waals surface area contributed by atoms with E-state index < -0.39 is 12.1 Å². The third-order valence-electron chi connectivity index (χ3n) is 4.12. The molecule has 0 aromatic heterocycles. The van der Waals surface area contributed by atoms with Crippen molar-refractivity contribution in [1.29, 1.82) is 0 Å². The van der Waals surface area contributed by atoms with Gasteiger partial charge >= 0.3 is 5.97 Å². The van der Waals surface area contributed by atoms with Crippen molar-refractivity contribution in [3.8, 4) is 0 Å². The number of morpholine rings is 1. The molecule has 1 heterocycles. The lowest BCUT2D eigenvalue weighted by Gasteiger charge is -2.36.